The zero-order valence-corrected chi connectivity index (χ0v) is 10.7. The molecule has 0 spiro atoms. The van der Waals surface area contributed by atoms with Gasteiger partial charge in [0.25, 0.3) is 5.88 Å². The largest absolute Gasteiger partial charge is 0.489 e. The average molecular weight is 241 g/mol. The SMILES string of the molecule is CCNc1ncnc(OC(C)COC)c1OC. The van der Waals surface area contributed by atoms with Gasteiger partial charge < -0.3 is 19.5 Å². The second kappa shape index (κ2) is 6.90. The Bertz CT molecular complexity index is 347. The Morgan fingerprint density at radius 1 is 1.35 bits per heavy atom. The second-order valence-corrected chi connectivity index (χ2v) is 3.47. The molecule has 0 fully saturated rings. The van der Waals surface area contributed by atoms with Gasteiger partial charge in [-0.15, -0.1) is 0 Å². The molecule has 6 heteroatoms. The van der Waals surface area contributed by atoms with Crippen LogP contribution in [0.3, 0.4) is 0 Å². The maximum atomic E-state index is 5.62. The fourth-order valence-electron chi connectivity index (χ4n) is 1.38. The van der Waals surface area contributed by atoms with Gasteiger partial charge in [-0.05, 0) is 13.8 Å². The summed E-state index contributed by atoms with van der Waals surface area (Å²) in [4.78, 5) is 8.16. The molecule has 1 heterocycles. The van der Waals surface area contributed by atoms with E-state index in [9.17, 15) is 0 Å². The van der Waals surface area contributed by atoms with Gasteiger partial charge in [-0.1, -0.05) is 0 Å². The van der Waals surface area contributed by atoms with Crippen molar-refractivity contribution in [2.45, 2.75) is 20.0 Å². The van der Waals surface area contributed by atoms with Crippen LogP contribution in [-0.2, 0) is 4.74 Å². The summed E-state index contributed by atoms with van der Waals surface area (Å²) in [7, 11) is 3.19. The first kappa shape index (κ1) is 13.5. The molecule has 1 aromatic heterocycles. The van der Waals surface area contributed by atoms with Crippen molar-refractivity contribution in [3.8, 4) is 11.6 Å². The highest BCUT2D eigenvalue weighted by atomic mass is 16.5. The molecule has 1 unspecified atom stereocenters. The van der Waals surface area contributed by atoms with Crippen molar-refractivity contribution in [3.63, 3.8) is 0 Å². The van der Waals surface area contributed by atoms with Gasteiger partial charge in [-0.3, -0.25) is 0 Å². The van der Waals surface area contributed by atoms with Gasteiger partial charge in [0.05, 0.1) is 13.7 Å². The van der Waals surface area contributed by atoms with Gasteiger partial charge in [0, 0.05) is 13.7 Å². The minimum atomic E-state index is -0.0988. The number of methoxy groups -OCH3 is 2. The Kier molecular flexibility index (Phi) is 5.48. The lowest BCUT2D eigenvalue weighted by molar-refractivity contribution is 0.0866. The number of nitrogens with one attached hydrogen (secondary N) is 1. The van der Waals surface area contributed by atoms with Crippen molar-refractivity contribution in [1.29, 1.82) is 0 Å². The van der Waals surface area contributed by atoms with Gasteiger partial charge in [0.15, 0.2) is 5.82 Å². The highest BCUT2D eigenvalue weighted by Crippen LogP contribution is 2.31. The lowest BCUT2D eigenvalue weighted by atomic mass is 10.4. The van der Waals surface area contributed by atoms with E-state index in [1.807, 2.05) is 13.8 Å². The predicted octanol–water partition coefficient (Wildman–Crippen LogP) is 1.33. The van der Waals surface area contributed by atoms with Crippen LogP contribution in [0.15, 0.2) is 6.33 Å². The molecule has 0 aliphatic rings. The molecule has 1 atom stereocenters. The summed E-state index contributed by atoms with van der Waals surface area (Å²) in [6, 6.07) is 0. The molecule has 0 aliphatic heterocycles. The van der Waals surface area contributed by atoms with E-state index in [0.29, 0.717) is 24.1 Å². The van der Waals surface area contributed by atoms with Crippen molar-refractivity contribution >= 4 is 5.82 Å². The number of hydrogen-bond donors (Lipinski definition) is 1. The van der Waals surface area contributed by atoms with Crippen LogP contribution in [0.25, 0.3) is 0 Å². The summed E-state index contributed by atoms with van der Waals surface area (Å²) in [5, 5.41) is 3.09. The maximum Gasteiger partial charge on any atom is 0.262 e. The second-order valence-electron chi connectivity index (χ2n) is 3.47. The summed E-state index contributed by atoms with van der Waals surface area (Å²) in [5.41, 5.74) is 0. The minimum absolute atomic E-state index is 0.0988. The van der Waals surface area contributed by atoms with Gasteiger partial charge in [-0.2, -0.15) is 4.98 Å². The molecule has 1 rings (SSSR count). The number of nitrogens with zero attached hydrogens (tertiary/aromatic N) is 2. The van der Waals surface area contributed by atoms with Crippen molar-refractivity contribution < 1.29 is 14.2 Å². The van der Waals surface area contributed by atoms with Crippen LogP contribution in [0, 0.1) is 0 Å². The number of rotatable bonds is 7. The van der Waals surface area contributed by atoms with Crippen molar-refractivity contribution in [1.82, 2.24) is 9.97 Å². The predicted molar refractivity (Wildman–Crippen MR) is 64.7 cm³/mol. The van der Waals surface area contributed by atoms with Crippen LogP contribution in [0.5, 0.6) is 11.6 Å². The van der Waals surface area contributed by atoms with E-state index in [1.54, 1.807) is 14.2 Å². The standard InChI is InChI=1S/C11H19N3O3/c1-5-12-10-9(16-4)11(14-7-13-10)17-8(2)6-15-3/h7-8H,5-6H2,1-4H3,(H,12,13,14). The first-order valence-corrected chi connectivity index (χ1v) is 5.51. The van der Waals surface area contributed by atoms with E-state index < -0.39 is 0 Å². The Labute approximate surface area is 101 Å². The van der Waals surface area contributed by atoms with Gasteiger partial charge in [-0.25, -0.2) is 4.98 Å². The Hall–Kier alpha value is -1.56. The molecule has 0 saturated heterocycles. The third-order valence-corrected chi connectivity index (χ3v) is 2.03. The normalized spacial score (nSPS) is 12.0. The maximum absolute atomic E-state index is 5.62. The lowest BCUT2D eigenvalue weighted by Crippen LogP contribution is -2.19. The van der Waals surface area contributed by atoms with Crippen LogP contribution in [0.4, 0.5) is 5.82 Å². The van der Waals surface area contributed by atoms with Crippen molar-refractivity contribution in [3.05, 3.63) is 6.33 Å². The quantitative estimate of drug-likeness (QED) is 0.777. The molecule has 6 nitrogen and oxygen atoms in total. The first-order chi connectivity index (χ1) is 8.22. The topological polar surface area (TPSA) is 65.5 Å². The first-order valence-electron chi connectivity index (χ1n) is 5.51. The lowest BCUT2D eigenvalue weighted by Gasteiger charge is -2.16. The van der Waals surface area contributed by atoms with Crippen molar-refractivity contribution in [2.75, 3.05) is 32.7 Å². The van der Waals surface area contributed by atoms with E-state index in [4.69, 9.17) is 14.2 Å². The van der Waals surface area contributed by atoms with E-state index in [0.717, 1.165) is 6.54 Å². The Morgan fingerprint density at radius 3 is 2.71 bits per heavy atom. The highest BCUT2D eigenvalue weighted by Gasteiger charge is 2.15. The molecule has 1 aromatic rings. The fraction of sp³-hybridized carbons (Fsp3) is 0.636. The molecular formula is C11H19N3O3. The Balaban J connectivity index is 2.86. The minimum Gasteiger partial charge on any atom is -0.489 e. The molecule has 0 amide bonds. The molecule has 1 N–H and O–H groups in total. The molecular weight excluding hydrogens is 222 g/mol. The summed E-state index contributed by atoms with van der Waals surface area (Å²) in [6.45, 7) is 5.12. The van der Waals surface area contributed by atoms with Gasteiger partial charge in [0.1, 0.15) is 12.4 Å². The highest BCUT2D eigenvalue weighted by molar-refractivity contribution is 5.54. The number of aromatic nitrogens is 2. The van der Waals surface area contributed by atoms with E-state index in [2.05, 4.69) is 15.3 Å². The van der Waals surface area contributed by atoms with Gasteiger partial charge in [0.2, 0.25) is 5.75 Å². The van der Waals surface area contributed by atoms with Crippen LogP contribution >= 0.6 is 0 Å². The number of ether oxygens (including phenoxy) is 3. The smallest absolute Gasteiger partial charge is 0.262 e. The molecule has 17 heavy (non-hydrogen) atoms. The summed E-state index contributed by atoms with van der Waals surface area (Å²) >= 11 is 0. The van der Waals surface area contributed by atoms with Gasteiger partial charge >= 0.3 is 0 Å². The van der Waals surface area contributed by atoms with Crippen LogP contribution in [0.1, 0.15) is 13.8 Å². The zero-order valence-electron chi connectivity index (χ0n) is 10.7. The molecule has 0 aliphatic carbocycles. The van der Waals surface area contributed by atoms with Crippen molar-refractivity contribution in [2.24, 2.45) is 0 Å². The van der Waals surface area contributed by atoms with E-state index in [-0.39, 0.29) is 6.10 Å². The molecule has 0 aromatic carbocycles. The Morgan fingerprint density at radius 2 is 2.12 bits per heavy atom. The molecule has 0 radical (unpaired) electrons. The number of hydrogen-bond acceptors (Lipinski definition) is 6. The third kappa shape index (κ3) is 3.74. The molecule has 0 bridgehead atoms. The van der Waals surface area contributed by atoms with E-state index >= 15 is 0 Å². The molecule has 96 valence electrons. The van der Waals surface area contributed by atoms with Crippen LogP contribution < -0.4 is 14.8 Å². The van der Waals surface area contributed by atoms with E-state index in [1.165, 1.54) is 6.33 Å². The fourth-order valence-corrected chi connectivity index (χ4v) is 1.38. The number of anilines is 1. The summed E-state index contributed by atoms with van der Waals surface area (Å²) in [5.74, 6) is 1.56. The third-order valence-electron chi connectivity index (χ3n) is 2.03. The molecule has 0 saturated carbocycles. The average Bonchev–Trinajstić information content (AvgIpc) is 2.30. The van der Waals surface area contributed by atoms with Crippen LogP contribution in [-0.4, -0.2) is 43.4 Å². The summed E-state index contributed by atoms with van der Waals surface area (Å²) in [6.07, 6.45) is 1.34. The van der Waals surface area contributed by atoms with Crippen LogP contribution in [0.2, 0.25) is 0 Å². The monoisotopic (exact) mass is 241 g/mol. The zero-order chi connectivity index (χ0) is 12.7. The summed E-state index contributed by atoms with van der Waals surface area (Å²) < 4.78 is 15.9.